The molecule has 25 heavy (non-hydrogen) atoms. The van der Waals surface area contributed by atoms with Crippen LogP contribution in [0.1, 0.15) is 4.88 Å². The Morgan fingerprint density at radius 2 is 2.08 bits per heavy atom. The van der Waals surface area contributed by atoms with Crippen molar-refractivity contribution >= 4 is 34.5 Å². The van der Waals surface area contributed by atoms with Crippen molar-refractivity contribution in [3.63, 3.8) is 0 Å². The van der Waals surface area contributed by atoms with Gasteiger partial charge in [-0.05, 0) is 24.3 Å². The highest BCUT2D eigenvalue weighted by Crippen LogP contribution is 2.32. The molecule has 0 atom stereocenters. The van der Waals surface area contributed by atoms with E-state index in [0.717, 1.165) is 9.21 Å². The van der Waals surface area contributed by atoms with Gasteiger partial charge in [0.2, 0.25) is 5.91 Å². The summed E-state index contributed by atoms with van der Waals surface area (Å²) in [6.45, 7) is 6.34. The first-order valence-electron chi connectivity index (χ1n) is 7.91. The Balaban J connectivity index is 1.60. The lowest BCUT2D eigenvalue weighted by Crippen LogP contribution is -2.32. The highest BCUT2D eigenvalue weighted by Gasteiger charge is 2.15. The molecule has 1 aliphatic rings. The SMILES string of the molecule is C=CCN(CC(=O)Nc1ccc2c(c1)OCCO2)Cc1ccc(Cl)s1. The Bertz CT molecular complexity index is 763. The van der Waals surface area contributed by atoms with Crippen molar-refractivity contribution in [3.8, 4) is 11.5 Å². The Hall–Kier alpha value is -2.02. The zero-order valence-electron chi connectivity index (χ0n) is 13.7. The lowest BCUT2D eigenvalue weighted by atomic mass is 10.2. The van der Waals surface area contributed by atoms with Gasteiger partial charge in [0, 0.05) is 29.7 Å². The Kier molecular flexibility index (Phi) is 5.96. The van der Waals surface area contributed by atoms with Crippen LogP contribution in [0.25, 0.3) is 0 Å². The van der Waals surface area contributed by atoms with Gasteiger partial charge in [-0.2, -0.15) is 0 Å². The van der Waals surface area contributed by atoms with Crippen LogP contribution in [0.5, 0.6) is 11.5 Å². The maximum absolute atomic E-state index is 12.4. The van der Waals surface area contributed by atoms with Crippen molar-refractivity contribution in [2.24, 2.45) is 0 Å². The van der Waals surface area contributed by atoms with E-state index < -0.39 is 0 Å². The van der Waals surface area contributed by atoms with Gasteiger partial charge in [0.1, 0.15) is 13.2 Å². The average Bonchev–Trinajstić information content (AvgIpc) is 2.99. The number of nitrogens with zero attached hydrogens (tertiary/aromatic N) is 1. The molecule has 0 aliphatic carbocycles. The Morgan fingerprint density at radius 3 is 2.80 bits per heavy atom. The monoisotopic (exact) mass is 378 g/mol. The van der Waals surface area contributed by atoms with E-state index in [0.29, 0.717) is 43.5 Å². The summed E-state index contributed by atoms with van der Waals surface area (Å²) in [5, 5.41) is 2.90. The molecule has 2 aromatic rings. The molecule has 0 saturated heterocycles. The third kappa shape index (κ3) is 4.98. The lowest BCUT2D eigenvalue weighted by molar-refractivity contribution is -0.117. The summed E-state index contributed by atoms with van der Waals surface area (Å²) in [6, 6.07) is 9.23. The van der Waals surface area contributed by atoms with Gasteiger partial charge in [0.25, 0.3) is 0 Å². The number of amides is 1. The second-order valence-electron chi connectivity index (χ2n) is 5.57. The van der Waals surface area contributed by atoms with Crippen LogP contribution in [0.2, 0.25) is 4.34 Å². The number of carbonyl (C=O) groups is 1. The van der Waals surface area contributed by atoms with Crippen LogP contribution >= 0.6 is 22.9 Å². The summed E-state index contributed by atoms with van der Waals surface area (Å²) in [5.74, 6) is 1.26. The van der Waals surface area contributed by atoms with Crippen LogP contribution in [-0.2, 0) is 11.3 Å². The number of thiophene rings is 1. The number of hydrogen-bond donors (Lipinski definition) is 1. The minimum Gasteiger partial charge on any atom is -0.486 e. The Labute approximate surface area is 155 Å². The number of rotatable bonds is 7. The molecule has 0 fully saturated rings. The first-order valence-corrected chi connectivity index (χ1v) is 9.10. The smallest absolute Gasteiger partial charge is 0.238 e. The van der Waals surface area contributed by atoms with E-state index in [-0.39, 0.29) is 12.5 Å². The molecule has 0 unspecified atom stereocenters. The standard InChI is InChI=1S/C18H19ClN2O3S/c1-2-7-21(11-14-4-6-17(19)25-14)12-18(22)20-13-3-5-15-16(10-13)24-9-8-23-15/h2-6,10H,1,7-9,11-12H2,(H,20,22). The zero-order chi connectivity index (χ0) is 17.6. The third-order valence-corrected chi connectivity index (χ3v) is 4.80. The van der Waals surface area contributed by atoms with E-state index in [1.54, 1.807) is 18.2 Å². The van der Waals surface area contributed by atoms with Crippen molar-refractivity contribution in [1.29, 1.82) is 0 Å². The number of halogens is 1. The first-order chi connectivity index (χ1) is 12.1. The second kappa shape index (κ2) is 8.38. The van der Waals surface area contributed by atoms with Crippen molar-refractivity contribution in [1.82, 2.24) is 4.90 Å². The number of ether oxygens (including phenoxy) is 2. The highest BCUT2D eigenvalue weighted by atomic mass is 35.5. The normalized spacial score (nSPS) is 12.9. The maximum Gasteiger partial charge on any atom is 0.238 e. The maximum atomic E-state index is 12.4. The summed E-state index contributed by atoms with van der Waals surface area (Å²) in [4.78, 5) is 15.5. The van der Waals surface area contributed by atoms with Crippen molar-refractivity contribution in [2.45, 2.75) is 6.54 Å². The van der Waals surface area contributed by atoms with E-state index in [4.69, 9.17) is 21.1 Å². The lowest BCUT2D eigenvalue weighted by Gasteiger charge is -2.21. The summed E-state index contributed by atoms with van der Waals surface area (Å²) >= 11 is 7.49. The van der Waals surface area contributed by atoms with Gasteiger partial charge in [-0.25, -0.2) is 0 Å². The Morgan fingerprint density at radius 1 is 1.28 bits per heavy atom. The van der Waals surface area contributed by atoms with Gasteiger partial charge >= 0.3 is 0 Å². The number of benzene rings is 1. The van der Waals surface area contributed by atoms with E-state index in [2.05, 4.69) is 11.9 Å². The molecule has 5 nitrogen and oxygen atoms in total. The number of fused-ring (bicyclic) bond motifs is 1. The predicted octanol–water partition coefficient (Wildman–Crippen LogP) is 3.80. The molecule has 1 N–H and O–H groups in total. The van der Waals surface area contributed by atoms with Crippen LogP contribution in [-0.4, -0.2) is 37.1 Å². The largest absolute Gasteiger partial charge is 0.486 e. The van der Waals surface area contributed by atoms with E-state index in [9.17, 15) is 4.79 Å². The highest BCUT2D eigenvalue weighted by molar-refractivity contribution is 7.16. The van der Waals surface area contributed by atoms with Crippen LogP contribution in [0.15, 0.2) is 43.0 Å². The topological polar surface area (TPSA) is 50.8 Å². The molecule has 0 bridgehead atoms. The van der Waals surface area contributed by atoms with Crippen molar-refractivity contribution in [2.75, 3.05) is 31.6 Å². The van der Waals surface area contributed by atoms with Gasteiger partial charge in [-0.3, -0.25) is 9.69 Å². The fourth-order valence-corrected chi connectivity index (χ4v) is 3.68. The third-order valence-electron chi connectivity index (χ3n) is 3.59. The quantitative estimate of drug-likeness (QED) is 0.744. The summed E-state index contributed by atoms with van der Waals surface area (Å²) in [6.07, 6.45) is 1.78. The average molecular weight is 379 g/mol. The molecule has 0 radical (unpaired) electrons. The summed E-state index contributed by atoms with van der Waals surface area (Å²) < 4.78 is 11.8. The number of carbonyl (C=O) groups excluding carboxylic acids is 1. The van der Waals surface area contributed by atoms with Gasteiger partial charge in [0.15, 0.2) is 11.5 Å². The molecule has 1 aromatic heterocycles. The van der Waals surface area contributed by atoms with Crippen LogP contribution in [0.4, 0.5) is 5.69 Å². The van der Waals surface area contributed by atoms with Crippen molar-refractivity contribution in [3.05, 3.63) is 52.2 Å². The molecule has 1 amide bonds. The van der Waals surface area contributed by atoms with Crippen molar-refractivity contribution < 1.29 is 14.3 Å². The molecule has 2 heterocycles. The summed E-state index contributed by atoms with van der Waals surface area (Å²) in [7, 11) is 0. The number of hydrogen-bond acceptors (Lipinski definition) is 5. The fourth-order valence-electron chi connectivity index (χ4n) is 2.55. The van der Waals surface area contributed by atoms with Gasteiger partial charge in [0.05, 0.1) is 10.9 Å². The first kappa shape index (κ1) is 17.8. The predicted molar refractivity (Wildman–Crippen MR) is 101 cm³/mol. The number of anilines is 1. The van der Waals surface area contributed by atoms with Crippen LogP contribution in [0, 0.1) is 0 Å². The molecule has 0 saturated carbocycles. The molecule has 0 spiro atoms. The fraction of sp³-hybridized carbons (Fsp3) is 0.278. The van der Waals surface area contributed by atoms with E-state index in [1.807, 2.05) is 23.1 Å². The van der Waals surface area contributed by atoms with Crippen LogP contribution in [0.3, 0.4) is 0 Å². The van der Waals surface area contributed by atoms with E-state index >= 15 is 0 Å². The van der Waals surface area contributed by atoms with Crippen LogP contribution < -0.4 is 14.8 Å². The minimum absolute atomic E-state index is 0.0961. The number of nitrogens with one attached hydrogen (secondary N) is 1. The minimum atomic E-state index is -0.0961. The summed E-state index contributed by atoms with van der Waals surface area (Å²) in [5.41, 5.74) is 0.687. The van der Waals surface area contributed by atoms with E-state index in [1.165, 1.54) is 11.3 Å². The molecule has 1 aromatic carbocycles. The molecule has 1 aliphatic heterocycles. The zero-order valence-corrected chi connectivity index (χ0v) is 15.2. The molecular formula is C18H19ClN2O3S. The molecule has 3 rings (SSSR count). The second-order valence-corrected chi connectivity index (χ2v) is 7.37. The van der Waals surface area contributed by atoms with Gasteiger partial charge < -0.3 is 14.8 Å². The van der Waals surface area contributed by atoms with Gasteiger partial charge in [-0.1, -0.05) is 17.7 Å². The van der Waals surface area contributed by atoms with Gasteiger partial charge in [-0.15, -0.1) is 17.9 Å². The molecule has 7 heteroatoms. The molecule has 132 valence electrons. The molecular weight excluding hydrogens is 360 g/mol.